The number of nitrogens with zero attached hydrogens (tertiary/aromatic N) is 1. The van der Waals surface area contributed by atoms with Gasteiger partial charge in [0, 0.05) is 11.5 Å². The summed E-state index contributed by atoms with van der Waals surface area (Å²) in [5.41, 5.74) is 8.56. The van der Waals surface area contributed by atoms with Gasteiger partial charge in [0.25, 0.3) is 0 Å². The third kappa shape index (κ3) is 10.8. The average Bonchev–Trinajstić information content (AvgIpc) is 2.90. The first-order valence-corrected chi connectivity index (χ1v) is 13.7. The van der Waals surface area contributed by atoms with Crippen LogP contribution in [-0.2, 0) is 0 Å². The average molecular weight is 508 g/mol. The second-order valence-electron chi connectivity index (χ2n) is 10.3. The van der Waals surface area contributed by atoms with Crippen LogP contribution in [0.25, 0.3) is 5.57 Å². The van der Waals surface area contributed by atoms with E-state index < -0.39 is 0 Å². The van der Waals surface area contributed by atoms with Crippen LogP contribution < -0.4 is 0 Å². The molecule has 2 aromatic rings. The first-order valence-electron chi connectivity index (χ1n) is 13.7. The largest absolute Gasteiger partial charge is 0.192 e. The molecule has 0 spiro atoms. The molecule has 0 aliphatic carbocycles. The highest BCUT2D eigenvalue weighted by Crippen LogP contribution is 2.41. The van der Waals surface area contributed by atoms with E-state index in [0.29, 0.717) is 17.4 Å². The van der Waals surface area contributed by atoms with Crippen LogP contribution >= 0.6 is 0 Å². The molecule has 0 N–H and O–H groups in total. The molecule has 0 fully saturated rings. The molecule has 0 saturated carbocycles. The normalized spacial score (nSPS) is 12.7. The molecule has 0 aromatic heterocycles. The Morgan fingerprint density at radius 2 is 1.45 bits per heavy atom. The first-order chi connectivity index (χ1) is 18.0. The number of rotatable bonds is 8. The molecule has 2 atom stereocenters. The van der Waals surface area contributed by atoms with E-state index in [2.05, 4.69) is 96.2 Å². The molecule has 0 bridgehead atoms. The minimum Gasteiger partial charge on any atom is -0.192 e. The third-order valence-corrected chi connectivity index (χ3v) is 6.15. The van der Waals surface area contributed by atoms with Gasteiger partial charge < -0.3 is 0 Å². The van der Waals surface area contributed by atoms with Gasteiger partial charge in [0.1, 0.15) is 0 Å². The van der Waals surface area contributed by atoms with E-state index in [9.17, 15) is 5.26 Å². The summed E-state index contributed by atoms with van der Waals surface area (Å²) >= 11 is 0. The van der Waals surface area contributed by atoms with Crippen LogP contribution in [0.5, 0.6) is 0 Å². The predicted molar refractivity (Wildman–Crippen MR) is 170 cm³/mol. The molecule has 1 unspecified atom stereocenters. The van der Waals surface area contributed by atoms with Crippen LogP contribution in [0.3, 0.4) is 0 Å². The Balaban J connectivity index is 0.00000208. The van der Waals surface area contributed by atoms with Gasteiger partial charge in [-0.1, -0.05) is 114 Å². The molecule has 0 aliphatic heterocycles. The zero-order valence-electron chi connectivity index (χ0n) is 25.5. The summed E-state index contributed by atoms with van der Waals surface area (Å²) in [5, 5.41) is 9.29. The molecule has 38 heavy (non-hydrogen) atoms. The smallest absolute Gasteiger partial charge is 0.0991 e. The van der Waals surface area contributed by atoms with E-state index in [-0.39, 0.29) is 11.8 Å². The Hall–Kier alpha value is -3.55. The van der Waals surface area contributed by atoms with Crippen LogP contribution in [-0.4, -0.2) is 0 Å². The second kappa shape index (κ2) is 17.8. The van der Waals surface area contributed by atoms with Crippen LogP contribution in [0.2, 0.25) is 0 Å². The van der Waals surface area contributed by atoms with Crippen molar-refractivity contribution in [3.63, 3.8) is 0 Å². The topological polar surface area (TPSA) is 23.8 Å². The highest BCUT2D eigenvalue weighted by Gasteiger charge is 2.29. The molecule has 1 nitrogen and oxygen atoms in total. The van der Waals surface area contributed by atoms with Crippen LogP contribution in [0.1, 0.15) is 103 Å². The summed E-state index contributed by atoms with van der Waals surface area (Å²) in [6.45, 7) is 28.9. The molecular formula is C37H49N. The second-order valence-corrected chi connectivity index (χ2v) is 10.3. The Bertz CT molecular complexity index is 1170. The summed E-state index contributed by atoms with van der Waals surface area (Å²) in [6.07, 6.45) is 10.2. The fourth-order valence-electron chi connectivity index (χ4n) is 4.42. The van der Waals surface area contributed by atoms with Crippen molar-refractivity contribution in [3.8, 4) is 18.4 Å². The van der Waals surface area contributed by atoms with E-state index in [1.54, 1.807) is 0 Å². The molecule has 0 amide bonds. The standard InChI is InChI=1S/C31H35N.C4H8.C2H6/c1-9-23(7)31(28-16-14-27(15-17-28)21(3)4)30(22(5)6)24(8)18-26(10-2)29-13-11-12-25(19-29)20-32;1-4(2)3;1-2/h1,10-19,21-22,30-31H,7H2,2-6,8H3;1H2,2-3H3;1-2H3/b24-18+,26-10+;;/t30?,31-;;/m1../s1. The maximum atomic E-state index is 9.29. The number of nitriles is 1. The first kappa shape index (κ1) is 34.5. The van der Waals surface area contributed by atoms with E-state index in [4.69, 9.17) is 6.42 Å². The quantitative estimate of drug-likeness (QED) is 0.198. The van der Waals surface area contributed by atoms with Gasteiger partial charge >= 0.3 is 0 Å². The molecule has 202 valence electrons. The van der Waals surface area contributed by atoms with E-state index in [0.717, 1.165) is 16.7 Å². The van der Waals surface area contributed by atoms with Crippen molar-refractivity contribution in [1.82, 2.24) is 0 Å². The maximum absolute atomic E-state index is 9.29. The minimum atomic E-state index is 0.0426. The zero-order valence-corrected chi connectivity index (χ0v) is 25.5. The molecule has 2 rings (SSSR count). The fourth-order valence-corrected chi connectivity index (χ4v) is 4.42. The van der Waals surface area contributed by atoms with Crippen molar-refractivity contribution in [2.45, 2.75) is 81.1 Å². The van der Waals surface area contributed by atoms with Gasteiger partial charge in [0.2, 0.25) is 0 Å². The minimum absolute atomic E-state index is 0.0426. The number of hydrogen-bond donors (Lipinski definition) is 0. The Morgan fingerprint density at radius 1 is 0.921 bits per heavy atom. The number of terminal acetylenes is 1. The van der Waals surface area contributed by atoms with Crippen molar-refractivity contribution in [2.75, 3.05) is 0 Å². The lowest BCUT2D eigenvalue weighted by molar-refractivity contribution is 0.401. The van der Waals surface area contributed by atoms with E-state index >= 15 is 0 Å². The lowest BCUT2D eigenvalue weighted by atomic mass is 9.71. The molecule has 0 aliphatic rings. The monoisotopic (exact) mass is 507 g/mol. The van der Waals surface area contributed by atoms with Crippen LogP contribution in [0.4, 0.5) is 0 Å². The van der Waals surface area contributed by atoms with Crippen molar-refractivity contribution >= 4 is 5.57 Å². The van der Waals surface area contributed by atoms with Crippen molar-refractivity contribution in [3.05, 3.63) is 113 Å². The molecular weight excluding hydrogens is 458 g/mol. The highest BCUT2D eigenvalue weighted by atomic mass is 14.3. The van der Waals surface area contributed by atoms with Gasteiger partial charge in [0.15, 0.2) is 0 Å². The molecule has 1 heteroatoms. The van der Waals surface area contributed by atoms with Gasteiger partial charge in [-0.25, -0.2) is 0 Å². The number of benzene rings is 2. The highest BCUT2D eigenvalue weighted by molar-refractivity contribution is 5.75. The molecule has 0 heterocycles. The van der Waals surface area contributed by atoms with E-state index in [1.165, 1.54) is 22.3 Å². The van der Waals surface area contributed by atoms with Crippen molar-refractivity contribution < 1.29 is 0 Å². The van der Waals surface area contributed by atoms with Gasteiger partial charge in [-0.15, -0.1) is 13.0 Å². The van der Waals surface area contributed by atoms with Gasteiger partial charge in [0.05, 0.1) is 11.6 Å². The summed E-state index contributed by atoms with van der Waals surface area (Å²) in [4.78, 5) is 0. The van der Waals surface area contributed by atoms with Crippen LogP contribution in [0, 0.1) is 35.5 Å². The van der Waals surface area contributed by atoms with Gasteiger partial charge in [-0.05, 0) is 79.8 Å². The van der Waals surface area contributed by atoms with Crippen molar-refractivity contribution in [2.24, 2.45) is 11.8 Å². The lowest BCUT2D eigenvalue weighted by Crippen LogP contribution is -2.21. The third-order valence-electron chi connectivity index (χ3n) is 6.15. The number of hydrogen-bond acceptors (Lipinski definition) is 1. The molecule has 2 aromatic carbocycles. The zero-order chi connectivity index (χ0) is 29.4. The number of allylic oxidation sites excluding steroid dienone is 6. The maximum Gasteiger partial charge on any atom is 0.0991 e. The van der Waals surface area contributed by atoms with Gasteiger partial charge in [-0.2, -0.15) is 5.26 Å². The predicted octanol–water partition coefficient (Wildman–Crippen LogP) is 10.9. The molecule has 0 radical (unpaired) electrons. The SMILES string of the molecule is C#CC(=C)[C@H](c1ccc(C(C)C)cc1)C(/C(C)=C/C(=C\C)c1cccc(C#N)c1)C(C)C.C=C(C)C.CC. The summed E-state index contributed by atoms with van der Waals surface area (Å²) in [7, 11) is 0. The summed E-state index contributed by atoms with van der Waals surface area (Å²) < 4.78 is 0. The van der Waals surface area contributed by atoms with Crippen LogP contribution in [0.15, 0.2) is 90.6 Å². The fraction of sp³-hybridized carbons (Fsp3) is 0.378. The summed E-state index contributed by atoms with van der Waals surface area (Å²) in [5.74, 6) is 3.94. The Labute approximate surface area is 234 Å². The molecule has 0 saturated heterocycles. The summed E-state index contributed by atoms with van der Waals surface area (Å²) in [6, 6.07) is 18.8. The Morgan fingerprint density at radius 3 is 1.87 bits per heavy atom. The lowest BCUT2D eigenvalue weighted by Gasteiger charge is -2.32. The Kier molecular flexibility index (Phi) is 16.2. The van der Waals surface area contributed by atoms with E-state index in [1.807, 2.05) is 58.9 Å². The van der Waals surface area contributed by atoms with Gasteiger partial charge in [-0.3, -0.25) is 0 Å². The van der Waals surface area contributed by atoms with Crippen molar-refractivity contribution in [1.29, 1.82) is 5.26 Å².